The van der Waals surface area contributed by atoms with Crippen LogP contribution in [0.5, 0.6) is 0 Å². The molecular formula is C23H19N3OS2. The second-order valence-corrected chi connectivity index (χ2v) is 9.31. The fourth-order valence-electron chi connectivity index (χ4n) is 4.04. The minimum absolute atomic E-state index is 0.153. The van der Waals surface area contributed by atoms with E-state index in [9.17, 15) is 10.1 Å². The van der Waals surface area contributed by atoms with Gasteiger partial charge in [-0.1, -0.05) is 30.3 Å². The maximum atomic E-state index is 13.2. The summed E-state index contributed by atoms with van der Waals surface area (Å²) >= 11 is 3.20. The van der Waals surface area contributed by atoms with Crippen LogP contribution in [0.2, 0.25) is 0 Å². The van der Waals surface area contributed by atoms with Crippen LogP contribution in [0, 0.1) is 11.3 Å². The van der Waals surface area contributed by atoms with Crippen molar-refractivity contribution in [1.82, 2.24) is 4.57 Å². The van der Waals surface area contributed by atoms with Gasteiger partial charge in [-0.25, -0.2) is 0 Å². The zero-order valence-corrected chi connectivity index (χ0v) is 17.4. The number of hydrogen-bond acceptors (Lipinski definition) is 4. The molecule has 1 amide bonds. The van der Waals surface area contributed by atoms with Crippen molar-refractivity contribution in [3.8, 4) is 6.07 Å². The Bertz CT molecular complexity index is 1240. The number of nitrogens with zero attached hydrogens (tertiary/aromatic N) is 2. The first-order valence-electron chi connectivity index (χ1n) is 9.71. The molecule has 0 saturated carbocycles. The van der Waals surface area contributed by atoms with Gasteiger partial charge >= 0.3 is 0 Å². The summed E-state index contributed by atoms with van der Waals surface area (Å²) in [7, 11) is 0. The number of anilines is 1. The Labute approximate surface area is 177 Å². The molecule has 4 nitrogen and oxygen atoms in total. The number of hydrogen-bond donors (Lipinski definition) is 1. The Hall–Kier alpha value is -2.88. The fraction of sp³-hybridized carbons (Fsp3) is 0.217. The van der Waals surface area contributed by atoms with E-state index in [0.717, 1.165) is 47.0 Å². The van der Waals surface area contributed by atoms with Crippen LogP contribution < -0.4 is 5.32 Å². The first kappa shape index (κ1) is 18.2. The highest BCUT2D eigenvalue weighted by atomic mass is 32.1. The molecule has 0 unspecified atom stereocenters. The number of rotatable bonds is 4. The van der Waals surface area contributed by atoms with Crippen LogP contribution in [-0.4, -0.2) is 10.5 Å². The highest BCUT2D eigenvalue weighted by molar-refractivity contribution is 7.17. The topological polar surface area (TPSA) is 57.8 Å². The van der Waals surface area contributed by atoms with Gasteiger partial charge in [0.25, 0.3) is 5.91 Å². The van der Waals surface area contributed by atoms with E-state index in [-0.39, 0.29) is 5.91 Å². The maximum absolute atomic E-state index is 13.2. The van der Waals surface area contributed by atoms with Crippen LogP contribution >= 0.6 is 22.7 Å². The van der Waals surface area contributed by atoms with Gasteiger partial charge in [0.1, 0.15) is 16.8 Å². The molecule has 1 aliphatic carbocycles. The van der Waals surface area contributed by atoms with Crippen molar-refractivity contribution in [2.45, 2.75) is 32.2 Å². The summed E-state index contributed by atoms with van der Waals surface area (Å²) in [6, 6.07) is 16.5. The zero-order valence-electron chi connectivity index (χ0n) is 15.8. The summed E-state index contributed by atoms with van der Waals surface area (Å²) in [5, 5.41) is 15.5. The molecule has 0 radical (unpaired) electrons. The number of amides is 1. The number of nitriles is 1. The lowest BCUT2D eigenvalue weighted by molar-refractivity contribution is 0.101. The molecule has 0 bridgehead atoms. The Kier molecular flexibility index (Phi) is 4.70. The van der Waals surface area contributed by atoms with E-state index in [4.69, 9.17) is 0 Å². The largest absolute Gasteiger partial charge is 0.331 e. The number of nitrogens with one attached hydrogen (secondary N) is 1. The van der Waals surface area contributed by atoms with Gasteiger partial charge < -0.3 is 9.88 Å². The highest BCUT2D eigenvalue weighted by Crippen LogP contribution is 2.38. The summed E-state index contributed by atoms with van der Waals surface area (Å²) < 4.78 is 3.16. The molecule has 0 aliphatic heterocycles. The van der Waals surface area contributed by atoms with Crippen LogP contribution in [-0.2, 0) is 19.4 Å². The quantitative estimate of drug-likeness (QED) is 0.455. The highest BCUT2D eigenvalue weighted by Gasteiger charge is 2.24. The van der Waals surface area contributed by atoms with Crippen molar-refractivity contribution in [2.75, 3.05) is 5.32 Å². The van der Waals surface area contributed by atoms with Crippen LogP contribution in [0.1, 0.15) is 44.9 Å². The minimum atomic E-state index is -0.153. The Balaban J connectivity index is 1.51. The molecule has 0 spiro atoms. The minimum Gasteiger partial charge on any atom is -0.331 e. The van der Waals surface area contributed by atoms with Gasteiger partial charge in [0.05, 0.1) is 15.8 Å². The molecule has 0 atom stereocenters. The van der Waals surface area contributed by atoms with E-state index in [0.29, 0.717) is 22.8 Å². The third-order valence-corrected chi connectivity index (χ3v) is 7.51. The SMILES string of the molecule is N#Cc1c(NC(=O)c2cc3sccc3n2Cc2ccccc2)sc2c1CCCC2. The van der Waals surface area contributed by atoms with Crippen LogP contribution in [0.3, 0.4) is 0 Å². The molecule has 6 heteroatoms. The molecule has 0 fully saturated rings. The zero-order chi connectivity index (χ0) is 19.8. The number of aromatic nitrogens is 1. The molecular weight excluding hydrogens is 398 g/mol. The van der Waals surface area contributed by atoms with E-state index in [2.05, 4.69) is 39.5 Å². The fourth-order valence-corrected chi connectivity index (χ4v) is 6.10. The maximum Gasteiger partial charge on any atom is 0.272 e. The number of fused-ring (bicyclic) bond motifs is 2. The summed E-state index contributed by atoms with van der Waals surface area (Å²) in [6.45, 7) is 0.635. The first-order valence-corrected chi connectivity index (χ1v) is 11.4. The predicted octanol–water partition coefficient (Wildman–Crippen LogP) is 5.82. The van der Waals surface area contributed by atoms with E-state index in [1.54, 1.807) is 22.7 Å². The summed E-state index contributed by atoms with van der Waals surface area (Å²) in [6.07, 6.45) is 4.21. The molecule has 1 aromatic carbocycles. The second kappa shape index (κ2) is 7.51. The molecule has 144 valence electrons. The van der Waals surface area contributed by atoms with Crippen LogP contribution in [0.15, 0.2) is 47.8 Å². The van der Waals surface area contributed by atoms with Gasteiger partial charge in [-0.2, -0.15) is 5.26 Å². The van der Waals surface area contributed by atoms with Gasteiger partial charge in [0, 0.05) is 11.4 Å². The Morgan fingerprint density at radius 2 is 2.00 bits per heavy atom. The number of aryl methyl sites for hydroxylation is 1. The Morgan fingerprint density at radius 1 is 1.17 bits per heavy atom. The van der Waals surface area contributed by atoms with Gasteiger partial charge in [-0.05, 0) is 54.3 Å². The number of carbonyl (C=O) groups excluding carboxylic acids is 1. The third-order valence-electron chi connectivity index (χ3n) is 5.45. The van der Waals surface area contributed by atoms with E-state index < -0.39 is 0 Å². The third kappa shape index (κ3) is 3.27. The number of benzene rings is 1. The average molecular weight is 418 g/mol. The summed E-state index contributed by atoms with van der Waals surface area (Å²) in [5.41, 5.74) is 4.64. The molecule has 4 aromatic rings. The van der Waals surface area contributed by atoms with Crippen molar-refractivity contribution in [1.29, 1.82) is 5.26 Å². The molecule has 0 saturated heterocycles. The van der Waals surface area contributed by atoms with Crippen molar-refractivity contribution in [3.63, 3.8) is 0 Å². The van der Waals surface area contributed by atoms with E-state index in [1.165, 1.54) is 4.88 Å². The van der Waals surface area contributed by atoms with E-state index in [1.807, 2.05) is 24.3 Å². The average Bonchev–Trinajstić information content (AvgIpc) is 3.42. The summed E-state index contributed by atoms with van der Waals surface area (Å²) in [4.78, 5) is 14.5. The summed E-state index contributed by atoms with van der Waals surface area (Å²) in [5.74, 6) is -0.153. The van der Waals surface area contributed by atoms with Crippen molar-refractivity contribution in [3.05, 3.63) is 75.1 Å². The normalized spacial score (nSPS) is 13.2. The van der Waals surface area contributed by atoms with Crippen molar-refractivity contribution >= 4 is 43.8 Å². The molecule has 1 aliphatic rings. The van der Waals surface area contributed by atoms with Crippen molar-refractivity contribution in [2.24, 2.45) is 0 Å². The predicted molar refractivity (Wildman–Crippen MR) is 119 cm³/mol. The van der Waals surface area contributed by atoms with Crippen LogP contribution in [0.4, 0.5) is 5.00 Å². The lowest BCUT2D eigenvalue weighted by atomic mass is 9.96. The number of carbonyl (C=O) groups is 1. The lowest BCUT2D eigenvalue weighted by Crippen LogP contribution is -2.17. The molecule has 5 rings (SSSR count). The Morgan fingerprint density at radius 3 is 2.83 bits per heavy atom. The van der Waals surface area contributed by atoms with Gasteiger partial charge in [0.2, 0.25) is 0 Å². The number of thiophene rings is 2. The molecule has 1 N–H and O–H groups in total. The molecule has 3 aromatic heterocycles. The monoisotopic (exact) mass is 417 g/mol. The van der Waals surface area contributed by atoms with E-state index >= 15 is 0 Å². The van der Waals surface area contributed by atoms with Crippen molar-refractivity contribution < 1.29 is 4.79 Å². The second-order valence-electron chi connectivity index (χ2n) is 7.25. The van der Waals surface area contributed by atoms with Gasteiger partial charge in [0.15, 0.2) is 0 Å². The first-order chi connectivity index (χ1) is 14.2. The smallest absolute Gasteiger partial charge is 0.272 e. The van der Waals surface area contributed by atoms with Crippen LogP contribution in [0.25, 0.3) is 10.2 Å². The van der Waals surface area contributed by atoms with Gasteiger partial charge in [-0.3, -0.25) is 4.79 Å². The lowest BCUT2D eigenvalue weighted by Gasteiger charge is -2.11. The van der Waals surface area contributed by atoms with Gasteiger partial charge in [-0.15, -0.1) is 22.7 Å². The molecule has 29 heavy (non-hydrogen) atoms. The standard InChI is InChI=1S/C23H19N3OS2/c24-13-17-16-8-4-5-9-20(16)29-23(17)25-22(27)19-12-21-18(10-11-28-21)26(19)14-15-6-2-1-3-7-15/h1-3,6-7,10-12H,4-5,8-9,14H2,(H,25,27). The molecule has 3 heterocycles.